The zero-order valence-corrected chi connectivity index (χ0v) is 18.3. The highest BCUT2D eigenvalue weighted by Gasteiger charge is 2.41. The molecule has 0 aliphatic carbocycles. The number of sulfone groups is 1. The summed E-state index contributed by atoms with van der Waals surface area (Å²) in [6.07, 6.45) is 0.107. The topological polar surface area (TPSA) is 128 Å². The minimum absolute atomic E-state index is 0.224. The van der Waals surface area contributed by atoms with E-state index in [2.05, 4.69) is 10.6 Å². The summed E-state index contributed by atoms with van der Waals surface area (Å²) in [5.74, 6) is 0. The predicted molar refractivity (Wildman–Crippen MR) is 109 cm³/mol. The van der Waals surface area contributed by atoms with Crippen molar-refractivity contribution >= 4 is 21.6 Å². The molecule has 10 heteroatoms. The molecule has 29 heavy (non-hydrogen) atoms. The van der Waals surface area contributed by atoms with Gasteiger partial charge in [0.1, 0.15) is 10.5 Å². The van der Waals surface area contributed by atoms with Crippen molar-refractivity contribution in [1.29, 1.82) is 0 Å². The minimum Gasteiger partial charge on any atom is -0.444 e. The molecule has 0 aromatic heterocycles. The van der Waals surface area contributed by atoms with Crippen LogP contribution in [-0.2, 0) is 14.6 Å². The fourth-order valence-electron chi connectivity index (χ4n) is 3.39. The average Bonchev–Trinajstić information content (AvgIpc) is 2.80. The molecule has 2 N–H and O–H groups in total. The van der Waals surface area contributed by atoms with Gasteiger partial charge in [-0.15, -0.1) is 0 Å². The maximum absolute atomic E-state index is 13.5. The summed E-state index contributed by atoms with van der Waals surface area (Å²) in [5.41, 5.74) is -0.178. The molecule has 0 spiro atoms. The van der Waals surface area contributed by atoms with Crippen LogP contribution in [0.15, 0.2) is 17.0 Å². The van der Waals surface area contributed by atoms with Gasteiger partial charge in [0, 0.05) is 12.1 Å². The molecule has 9 nitrogen and oxygen atoms in total. The number of nitrogens with one attached hydrogen (secondary N) is 2. The van der Waals surface area contributed by atoms with Crippen molar-refractivity contribution < 1.29 is 22.9 Å². The second-order valence-corrected chi connectivity index (χ2v) is 10.4. The molecule has 2 atom stereocenters. The lowest BCUT2D eigenvalue weighted by Gasteiger charge is -2.28. The van der Waals surface area contributed by atoms with Gasteiger partial charge in [0.2, 0.25) is 0 Å². The number of ether oxygens (including phenoxy) is 1. The number of hydrogen-bond donors (Lipinski definition) is 2. The monoisotopic (exact) mass is 427 g/mol. The highest BCUT2D eigenvalue weighted by atomic mass is 32.2. The third-order valence-electron chi connectivity index (χ3n) is 4.91. The van der Waals surface area contributed by atoms with Gasteiger partial charge in [0.05, 0.1) is 16.2 Å². The number of carbonyl (C=O) groups is 1. The third kappa shape index (κ3) is 5.45. The van der Waals surface area contributed by atoms with Crippen LogP contribution in [0.2, 0.25) is 0 Å². The lowest BCUT2D eigenvalue weighted by Crippen LogP contribution is -2.51. The maximum Gasteiger partial charge on any atom is 0.407 e. The zero-order chi connectivity index (χ0) is 22.0. The summed E-state index contributed by atoms with van der Waals surface area (Å²) >= 11 is 0. The molecule has 0 radical (unpaired) electrons. The van der Waals surface area contributed by atoms with Crippen LogP contribution in [0.1, 0.15) is 44.7 Å². The highest BCUT2D eigenvalue weighted by Crippen LogP contribution is 2.34. The van der Waals surface area contributed by atoms with Gasteiger partial charge in [-0.1, -0.05) is 6.07 Å². The lowest BCUT2D eigenvalue weighted by atomic mass is 10.1. The molecule has 2 rings (SSSR count). The molecule has 1 aliphatic heterocycles. The molecule has 0 saturated carbocycles. The Bertz CT molecular complexity index is 892. The van der Waals surface area contributed by atoms with Crippen molar-refractivity contribution in [1.82, 2.24) is 10.6 Å². The molecule has 1 saturated heterocycles. The number of aryl methyl sites for hydroxylation is 1. The smallest absolute Gasteiger partial charge is 0.407 e. The van der Waals surface area contributed by atoms with Gasteiger partial charge < -0.3 is 15.4 Å². The largest absolute Gasteiger partial charge is 0.444 e. The van der Waals surface area contributed by atoms with Crippen molar-refractivity contribution in [2.75, 3.05) is 13.1 Å². The Kier molecular flexibility index (Phi) is 6.89. The van der Waals surface area contributed by atoms with E-state index in [9.17, 15) is 23.3 Å². The first-order valence-corrected chi connectivity index (χ1v) is 11.1. The van der Waals surface area contributed by atoms with Crippen molar-refractivity contribution in [3.05, 3.63) is 33.4 Å². The van der Waals surface area contributed by atoms with Gasteiger partial charge in [-0.2, -0.15) is 0 Å². The van der Waals surface area contributed by atoms with E-state index >= 15 is 0 Å². The van der Waals surface area contributed by atoms with E-state index < -0.39 is 43.4 Å². The quantitative estimate of drug-likeness (QED) is 0.558. The van der Waals surface area contributed by atoms with E-state index in [-0.39, 0.29) is 17.9 Å². The standard InChI is InChI=1S/C19H29N3O6S/c1-12-8-9-16(17(13(12)2)22(24)25)29(26,27)15-7-6-10-20-11-14(15)21-18(23)28-19(3,4)5/h8-9,14-15,20H,6-7,10-11H2,1-5H3,(H,21,23). The van der Waals surface area contributed by atoms with Gasteiger partial charge in [-0.25, -0.2) is 13.2 Å². The van der Waals surface area contributed by atoms with Crippen molar-refractivity contribution in [2.24, 2.45) is 0 Å². The average molecular weight is 428 g/mol. The number of amides is 1. The van der Waals surface area contributed by atoms with Gasteiger partial charge in [-0.3, -0.25) is 10.1 Å². The molecule has 1 heterocycles. The van der Waals surface area contributed by atoms with Crippen LogP contribution in [0.4, 0.5) is 10.5 Å². The first-order chi connectivity index (χ1) is 13.3. The number of benzene rings is 1. The molecular formula is C19H29N3O6S. The first kappa shape index (κ1) is 23.1. The van der Waals surface area contributed by atoms with Crippen molar-refractivity contribution in [3.63, 3.8) is 0 Å². The summed E-state index contributed by atoms with van der Waals surface area (Å²) in [6.45, 7) is 9.19. The number of rotatable bonds is 4. The van der Waals surface area contributed by atoms with Crippen LogP contribution in [0.25, 0.3) is 0 Å². The lowest BCUT2D eigenvalue weighted by molar-refractivity contribution is -0.388. The van der Waals surface area contributed by atoms with Gasteiger partial charge >= 0.3 is 6.09 Å². The first-order valence-electron chi connectivity index (χ1n) is 9.53. The highest BCUT2D eigenvalue weighted by molar-refractivity contribution is 7.92. The Morgan fingerprint density at radius 2 is 1.97 bits per heavy atom. The molecule has 2 unspecified atom stereocenters. The zero-order valence-electron chi connectivity index (χ0n) is 17.4. The van der Waals surface area contributed by atoms with Crippen LogP contribution >= 0.6 is 0 Å². The molecule has 0 bridgehead atoms. The van der Waals surface area contributed by atoms with E-state index in [4.69, 9.17) is 4.74 Å². The molecule has 1 aromatic rings. The third-order valence-corrected chi connectivity index (χ3v) is 7.21. The number of nitro benzene ring substituents is 1. The van der Waals surface area contributed by atoms with Gasteiger partial charge in [-0.05, 0) is 65.6 Å². The van der Waals surface area contributed by atoms with Crippen LogP contribution < -0.4 is 10.6 Å². The maximum atomic E-state index is 13.5. The summed E-state index contributed by atoms with van der Waals surface area (Å²) in [4.78, 5) is 22.9. The molecule has 1 aliphatic rings. The summed E-state index contributed by atoms with van der Waals surface area (Å²) in [5, 5.41) is 16.4. The van der Waals surface area contributed by atoms with E-state index in [1.54, 1.807) is 33.8 Å². The summed E-state index contributed by atoms with van der Waals surface area (Å²) < 4.78 is 32.2. The number of nitro groups is 1. The number of hydrogen-bond acceptors (Lipinski definition) is 7. The van der Waals surface area contributed by atoms with Crippen LogP contribution in [0.5, 0.6) is 0 Å². The van der Waals surface area contributed by atoms with E-state index in [0.29, 0.717) is 24.1 Å². The second kappa shape index (κ2) is 8.66. The Morgan fingerprint density at radius 1 is 1.31 bits per heavy atom. The van der Waals surface area contributed by atoms with Crippen molar-refractivity contribution in [3.8, 4) is 0 Å². The van der Waals surface area contributed by atoms with Crippen LogP contribution in [0.3, 0.4) is 0 Å². The number of alkyl carbamates (subject to hydrolysis) is 1. The van der Waals surface area contributed by atoms with Crippen LogP contribution in [0, 0.1) is 24.0 Å². The minimum atomic E-state index is -4.09. The fraction of sp³-hybridized carbons (Fsp3) is 0.632. The fourth-order valence-corrected chi connectivity index (χ4v) is 5.54. The SMILES string of the molecule is Cc1ccc(S(=O)(=O)C2CCCNCC2NC(=O)OC(C)(C)C)c([N+](=O)[O-])c1C. The molecule has 1 fully saturated rings. The van der Waals surface area contributed by atoms with E-state index in [1.165, 1.54) is 13.0 Å². The van der Waals surface area contributed by atoms with Crippen molar-refractivity contribution in [2.45, 2.75) is 69.2 Å². The molecular weight excluding hydrogens is 398 g/mol. The molecule has 1 amide bonds. The normalized spacial score (nSPS) is 20.6. The molecule has 162 valence electrons. The van der Waals surface area contributed by atoms with E-state index in [0.717, 1.165) is 0 Å². The number of nitrogens with zero attached hydrogens (tertiary/aromatic N) is 1. The molecule has 1 aromatic carbocycles. The summed E-state index contributed by atoms with van der Waals surface area (Å²) in [6, 6.07) is 2.08. The summed E-state index contributed by atoms with van der Waals surface area (Å²) in [7, 11) is -4.09. The predicted octanol–water partition coefficient (Wildman–Crippen LogP) is 2.63. The van der Waals surface area contributed by atoms with E-state index in [1.807, 2.05) is 0 Å². The van der Waals surface area contributed by atoms with Crippen LogP contribution in [-0.4, -0.2) is 49.4 Å². The second-order valence-electron chi connectivity index (χ2n) is 8.29. The van der Waals surface area contributed by atoms with Gasteiger partial charge in [0.15, 0.2) is 9.84 Å². The Morgan fingerprint density at radius 3 is 2.55 bits per heavy atom. The Balaban J connectivity index is 2.46. The Hall–Kier alpha value is -2.20. The number of carbonyl (C=O) groups excluding carboxylic acids is 1. The Labute approximate surface area is 171 Å². The van der Waals surface area contributed by atoms with Gasteiger partial charge in [0.25, 0.3) is 5.69 Å².